The van der Waals surface area contributed by atoms with Crippen LogP contribution >= 0.6 is 0 Å². The lowest BCUT2D eigenvalue weighted by Crippen LogP contribution is -2.19. The first-order valence-electron chi connectivity index (χ1n) is 3.19. The summed E-state index contributed by atoms with van der Waals surface area (Å²) < 4.78 is 0. The number of hydrogen-bond donors (Lipinski definition) is 1. The molecule has 2 nitrogen and oxygen atoms in total. The number of nitrogens with zero attached hydrogens (tertiary/aromatic N) is 1. The Kier molecular flexibility index (Phi) is 6.85. The van der Waals surface area contributed by atoms with E-state index in [-0.39, 0.29) is 0 Å². The zero-order valence-electron chi connectivity index (χ0n) is 5.78. The molecule has 0 saturated carbocycles. The van der Waals surface area contributed by atoms with Crippen LogP contribution < -0.4 is 10.6 Å². The Balaban J connectivity index is 2.53. The summed E-state index contributed by atoms with van der Waals surface area (Å²) >= 11 is 0. The quantitative estimate of drug-likeness (QED) is 0.510. The van der Waals surface area contributed by atoms with Gasteiger partial charge in [-0.15, -0.1) is 0 Å². The first-order chi connectivity index (χ1) is 3.91. The minimum atomic E-state index is 0.963. The van der Waals surface area contributed by atoms with Crippen LogP contribution in [-0.4, -0.2) is 26.7 Å². The van der Waals surface area contributed by atoms with Crippen LogP contribution in [0.3, 0.4) is 0 Å². The highest BCUT2D eigenvalue weighted by atomic mass is 14.9. The molecule has 0 aromatic heterocycles. The van der Waals surface area contributed by atoms with Gasteiger partial charge in [-0.3, -0.25) is 0 Å². The van der Waals surface area contributed by atoms with Crippen molar-refractivity contribution in [2.45, 2.75) is 13.3 Å². The van der Waals surface area contributed by atoms with Gasteiger partial charge in [-0.25, -0.2) is 5.32 Å². The predicted molar refractivity (Wildman–Crippen MR) is 36.1 cm³/mol. The van der Waals surface area contributed by atoms with E-state index in [1.165, 1.54) is 6.42 Å². The van der Waals surface area contributed by atoms with E-state index < -0.39 is 0 Å². The summed E-state index contributed by atoms with van der Waals surface area (Å²) in [7, 11) is 1.95. The van der Waals surface area contributed by atoms with Gasteiger partial charge < -0.3 is 5.32 Å². The minimum absolute atomic E-state index is 0.963. The summed E-state index contributed by atoms with van der Waals surface area (Å²) in [5.41, 5.74) is 0. The van der Waals surface area contributed by atoms with Gasteiger partial charge >= 0.3 is 0 Å². The molecule has 0 bridgehead atoms. The van der Waals surface area contributed by atoms with Crippen molar-refractivity contribution in [3.8, 4) is 0 Å². The molecule has 0 fully saturated rings. The van der Waals surface area contributed by atoms with Crippen molar-refractivity contribution >= 4 is 0 Å². The summed E-state index contributed by atoms with van der Waals surface area (Å²) in [5.74, 6) is 0. The summed E-state index contributed by atoms with van der Waals surface area (Å²) in [5, 5.41) is 7.25. The lowest BCUT2D eigenvalue weighted by molar-refractivity contribution is 0.630. The molecule has 0 heterocycles. The summed E-state index contributed by atoms with van der Waals surface area (Å²) in [6, 6.07) is 0. The molecule has 0 amide bonds. The fourth-order valence-corrected chi connectivity index (χ4v) is 0.461. The van der Waals surface area contributed by atoms with Gasteiger partial charge in [0.15, 0.2) is 0 Å². The maximum absolute atomic E-state index is 4.22. The van der Waals surface area contributed by atoms with Gasteiger partial charge in [0, 0.05) is 19.6 Å². The van der Waals surface area contributed by atoms with Crippen molar-refractivity contribution in [2.75, 3.05) is 26.7 Å². The van der Waals surface area contributed by atoms with Crippen LogP contribution in [0.5, 0.6) is 0 Å². The highest BCUT2D eigenvalue weighted by Gasteiger charge is 1.81. The second-order valence-electron chi connectivity index (χ2n) is 1.77. The van der Waals surface area contributed by atoms with E-state index in [1.807, 2.05) is 7.05 Å². The van der Waals surface area contributed by atoms with Crippen molar-refractivity contribution in [3.63, 3.8) is 0 Å². The van der Waals surface area contributed by atoms with E-state index in [2.05, 4.69) is 17.6 Å². The third-order valence-electron chi connectivity index (χ3n) is 0.902. The predicted octanol–water partition coefficient (Wildman–Crippen LogP) is 0.220. The van der Waals surface area contributed by atoms with Crippen molar-refractivity contribution in [2.24, 2.45) is 0 Å². The van der Waals surface area contributed by atoms with E-state index in [0.717, 1.165) is 19.6 Å². The Morgan fingerprint density at radius 2 is 2.12 bits per heavy atom. The maximum atomic E-state index is 4.22. The van der Waals surface area contributed by atoms with Gasteiger partial charge in [0.1, 0.15) is 0 Å². The highest BCUT2D eigenvalue weighted by Crippen LogP contribution is 1.69. The van der Waals surface area contributed by atoms with E-state index in [0.29, 0.717) is 0 Å². The molecule has 1 N–H and O–H groups in total. The van der Waals surface area contributed by atoms with Gasteiger partial charge in [0.2, 0.25) is 0 Å². The molecule has 0 aromatic carbocycles. The van der Waals surface area contributed by atoms with Crippen LogP contribution in [0, 0.1) is 0 Å². The smallest absolute Gasteiger partial charge is 0.0258 e. The molecule has 0 spiro atoms. The Morgan fingerprint density at radius 3 is 2.62 bits per heavy atom. The largest absolute Gasteiger partial charge is 0.318 e. The Labute approximate surface area is 51.7 Å². The van der Waals surface area contributed by atoms with E-state index in [4.69, 9.17) is 0 Å². The average molecular weight is 115 g/mol. The summed E-state index contributed by atoms with van der Waals surface area (Å²) in [6.45, 7) is 5.13. The molecular weight excluding hydrogens is 100 g/mol. The molecule has 0 unspecified atom stereocenters. The minimum Gasteiger partial charge on any atom is -0.318 e. The van der Waals surface area contributed by atoms with Crippen molar-refractivity contribution < 1.29 is 0 Å². The molecule has 0 aliphatic heterocycles. The Hall–Kier alpha value is -0.0800. The maximum Gasteiger partial charge on any atom is 0.0258 e. The van der Waals surface area contributed by atoms with Crippen molar-refractivity contribution in [1.29, 1.82) is 0 Å². The molecule has 0 saturated heterocycles. The monoisotopic (exact) mass is 115 g/mol. The first kappa shape index (κ1) is 7.92. The molecule has 0 aliphatic carbocycles. The number of hydrogen-bond acceptors (Lipinski definition) is 1. The van der Waals surface area contributed by atoms with Gasteiger partial charge in [-0.2, -0.15) is 0 Å². The normalized spacial score (nSPS) is 9.75. The van der Waals surface area contributed by atoms with Crippen LogP contribution in [0.15, 0.2) is 0 Å². The van der Waals surface area contributed by atoms with Crippen LogP contribution in [0.25, 0.3) is 0 Å². The first-order valence-corrected chi connectivity index (χ1v) is 3.19. The Bertz CT molecular complexity index is 31.5. The van der Waals surface area contributed by atoms with E-state index >= 15 is 0 Å². The number of nitrogens with one attached hydrogen (secondary N) is 1. The van der Waals surface area contributed by atoms with Crippen LogP contribution in [0.1, 0.15) is 13.3 Å². The average Bonchev–Trinajstić information content (AvgIpc) is 1.81. The second kappa shape index (κ2) is 6.92. The summed E-state index contributed by atoms with van der Waals surface area (Å²) in [4.78, 5) is 0. The van der Waals surface area contributed by atoms with E-state index in [1.54, 1.807) is 0 Å². The third-order valence-corrected chi connectivity index (χ3v) is 0.902. The molecule has 0 rings (SSSR count). The van der Waals surface area contributed by atoms with E-state index in [9.17, 15) is 0 Å². The van der Waals surface area contributed by atoms with Gasteiger partial charge in [0.05, 0.1) is 0 Å². The molecule has 8 heavy (non-hydrogen) atoms. The molecule has 2 heteroatoms. The van der Waals surface area contributed by atoms with Crippen molar-refractivity contribution in [1.82, 2.24) is 10.6 Å². The lowest BCUT2D eigenvalue weighted by Gasteiger charge is -1.96. The van der Waals surface area contributed by atoms with Gasteiger partial charge in [-0.1, -0.05) is 6.92 Å². The molecule has 0 aliphatic rings. The zero-order valence-corrected chi connectivity index (χ0v) is 5.78. The Morgan fingerprint density at radius 1 is 1.38 bits per heavy atom. The molecule has 49 valence electrons. The standard InChI is InChI=1S/C6H15N2/c1-3-4-8-6-5-7-2/h7H,3-6H2,1-2H3. The highest BCUT2D eigenvalue weighted by molar-refractivity contribution is 4.45. The van der Waals surface area contributed by atoms with Gasteiger partial charge in [-0.05, 0) is 13.5 Å². The SMILES string of the molecule is CCC[N]CCNC. The topological polar surface area (TPSA) is 26.1 Å². The molecule has 0 aromatic rings. The van der Waals surface area contributed by atoms with Crippen LogP contribution in [0.4, 0.5) is 0 Å². The molecular formula is C6H15N2. The number of rotatable bonds is 5. The van der Waals surface area contributed by atoms with Gasteiger partial charge in [0.25, 0.3) is 0 Å². The lowest BCUT2D eigenvalue weighted by atomic mass is 10.5. The molecule has 1 radical (unpaired) electrons. The number of likely N-dealkylation sites (N-methyl/N-ethyl adjacent to an activating group) is 1. The second-order valence-corrected chi connectivity index (χ2v) is 1.77. The summed E-state index contributed by atoms with van der Waals surface area (Å²) in [6.07, 6.45) is 1.17. The third kappa shape index (κ3) is 5.92. The zero-order chi connectivity index (χ0) is 6.24. The van der Waals surface area contributed by atoms with Crippen molar-refractivity contribution in [3.05, 3.63) is 0 Å². The van der Waals surface area contributed by atoms with Crippen LogP contribution in [-0.2, 0) is 0 Å². The van der Waals surface area contributed by atoms with Crippen LogP contribution in [0.2, 0.25) is 0 Å². The molecule has 0 atom stereocenters. The fourth-order valence-electron chi connectivity index (χ4n) is 0.461. The fraction of sp³-hybridized carbons (Fsp3) is 1.00.